The topological polar surface area (TPSA) is 55.1 Å². The molecule has 0 aliphatic heterocycles. The van der Waals surface area contributed by atoms with Gasteiger partial charge in [-0.05, 0) is 25.0 Å². The molecule has 1 saturated carbocycles. The molecule has 1 aliphatic rings. The highest BCUT2D eigenvalue weighted by Crippen LogP contribution is 2.24. The van der Waals surface area contributed by atoms with Crippen LogP contribution in [0.4, 0.5) is 4.39 Å². The summed E-state index contributed by atoms with van der Waals surface area (Å²) in [6.07, 6.45) is 5.55. The van der Waals surface area contributed by atoms with Crippen molar-refractivity contribution in [3.63, 3.8) is 0 Å². The van der Waals surface area contributed by atoms with E-state index in [1.54, 1.807) is 12.1 Å². The number of halogens is 2. The number of rotatable bonds is 4. The SMILES string of the molecule is NC(=O)[C@H](NC1CCCCC1)c1ccc(Br)cc1F. The first-order valence-corrected chi connectivity index (χ1v) is 7.37. The molecular formula is C14H18BrFN2O. The Morgan fingerprint density at radius 2 is 2.05 bits per heavy atom. The van der Waals surface area contributed by atoms with Crippen molar-refractivity contribution in [3.05, 3.63) is 34.1 Å². The summed E-state index contributed by atoms with van der Waals surface area (Å²) < 4.78 is 14.6. The number of nitrogens with one attached hydrogen (secondary N) is 1. The number of hydrogen-bond acceptors (Lipinski definition) is 2. The van der Waals surface area contributed by atoms with Gasteiger partial charge in [-0.3, -0.25) is 10.1 Å². The Bertz CT molecular complexity index is 461. The molecule has 1 aromatic rings. The third-order valence-electron chi connectivity index (χ3n) is 3.57. The number of hydrogen-bond donors (Lipinski definition) is 2. The molecule has 1 aliphatic carbocycles. The van der Waals surface area contributed by atoms with Crippen molar-refractivity contribution in [1.82, 2.24) is 5.32 Å². The van der Waals surface area contributed by atoms with E-state index in [0.29, 0.717) is 10.0 Å². The maximum atomic E-state index is 13.9. The summed E-state index contributed by atoms with van der Waals surface area (Å²) in [5.74, 6) is -0.951. The molecule has 1 fully saturated rings. The molecule has 3 N–H and O–H groups in total. The van der Waals surface area contributed by atoms with Crippen molar-refractivity contribution in [2.24, 2.45) is 5.73 Å². The van der Waals surface area contributed by atoms with E-state index in [-0.39, 0.29) is 6.04 Å². The zero-order valence-electron chi connectivity index (χ0n) is 10.7. The largest absolute Gasteiger partial charge is 0.368 e. The molecule has 0 spiro atoms. The van der Waals surface area contributed by atoms with Gasteiger partial charge in [0, 0.05) is 16.1 Å². The predicted molar refractivity (Wildman–Crippen MR) is 76.0 cm³/mol. The Morgan fingerprint density at radius 1 is 1.37 bits per heavy atom. The zero-order chi connectivity index (χ0) is 13.8. The lowest BCUT2D eigenvalue weighted by Gasteiger charge is -2.27. The van der Waals surface area contributed by atoms with Gasteiger partial charge in [0.2, 0.25) is 5.91 Å². The molecule has 1 aromatic carbocycles. The fourth-order valence-electron chi connectivity index (χ4n) is 2.57. The van der Waals surface area contributed by atoms with Gasteiger partial charge in [0.25, 0.3) is 0 Å². The van der Waals surface area contributed by atoms with E-state index in [1.807, 2.05) is 0 Å². The highest BCUT2D eigenvalue weighted by Gasteiger charge is 2.25. The summed E-state index contributed by atoms with van der Waals surface area (Å²) >= 11 is 3.20. The molecule has 1 amide bonds. The highest BCUT2D eigenvalue weighted by molar-refractivity contribution is 9.10. The van der Waals surface area contributed by atoms with Crippen LogP contribution in [0.25, 0.3) is 0 Å². The first-order valence-electron chi connectivity index (χ1n) is 6.58. The van der Waals surface area contributed by atoms with Crippen LogP contribution in [0.1, 0.15) is 43.7 Å². The monoisotopic (exact) mass is 328 g/mol. The Labute approximate surface area is 120 Å². The molecule has 0 radical (unpaired) electrons. The van der Waals surface area contributed by atoms with Gasteiger partial charge in [-0.25, -0.2) is 4.39 Å². The van der Waals surface area contributed by atoms with Crippen LogP contribution in [0.2, 0.25) is 0 Å². The minimum atomic E-state index is -0.754. The molecule has 0 saturated heterocycles. The van der Waals surface area contributed by atoms with Crippen LogP contribution in [0.5, 0.6) is 0 Å². The molecular weight excluding hydrogens is 311 g/mol. The molecule has 19 heavy (non-hydrogen) atoms. The Kier molecular flexibility index (Phi) is 4.93. The Balaban J connectivity index is 2.17. The van der Waals surface area contributed by atoms with Crippen molar-refractivity contribution in [3.8, 4) is 0 Å². The summed E-state index contributed by atoms with van der Waals surface area (Å²) in [5, 5.41) is 3.20. The Morgan fingerprint density at radius 3 is 2.63 bits per heavy atom. The molecule has 5 heteroatoms. The summed E-state index contributed by atoms with van der Waals surface area (Å²) in [4.78, 5) is 11.6. The molecule has 104 valence electrons. The van der Waals surface area contributed by atoms with Crippen molar-refractivity contribution >= 4 is 21.8 Å². The molecule has 0 bridgehead atoms. The van der Waals surface area contributed by atoms with E-state index in [9.17, 15) is 9.18 Å². The van der Waals surface area contributed by atoms with Crippen LogP contribution in [-0.2, 0) is 4.79 Å². The summed E-state index contributed by atoms with van der Waals surface area (Å²) in [6, 6.07) is 4.17. The quantitative estimate of drug-likeness (QED) is 0.892. The highest BCUT2D eigenvalue weighted by atomic mass is 79.9. The second-order valence-electron chi connectivity index (χ2n) is 5.00. The van der Waals surface area contributed by atoms with E-state index >= 15 is 0 Å². The fourth-order valence-corrected chi connectivity index (χ4v) is 2.90. The molecule has 0 aromatic heterocycles. The maximum Gasteiger partial charge on any atom is 0.239 e. The van der Waals surface area contributed by atoms with Crippen molar-refractivity contribution < 1.29 is 9.18 Å². The molecule has 1 atom stereocenters. The van der Waals surface area contributed by atoms with E-state index in [0.717, 1.165) is 25.7 Å². The fraction of sp³-hybridized carbons (Fsp3) is 0.500. The van der Waals surface area contributed by atoms with Gasteiger partial charge in [0.1, 0.15) is 11.9 Å². The number of carbonyl (C=O) groups excluding carboxylic acids is 1. The lowest BCUT2D eigenvalue weighted by atomic mass is 9.93. The van der Waals surface area contributed by atoms with Gasteiger partial charge in [0.05, 0.1) is 0 Å². The second-order valence-corrected chi connectivity index (χ2v) is 5.92. The zero-order valence-corrected chi connectivity index (χ0v) is 12.2. The summed E-state index contributed by atoms with van der Waals surface area (Å²) in [5.41, 5.74) is 5.73. The molecule has 3 nitrogen and oxygen atoms in total. The van der Waals surface area contributed by atoms with Crippen molar-refractivity contribution in [1.29, 1.82) is 0 Å². The lowest BCUT2D eigenvalue weighted by Crippen LogP contribution is -2.41. The van der Waals surface area contributed by atoms with Crippen molar-refractivity contribution in [2.45, 2.75) is 44.2 Å². The number of carbonyl (C=O) groups is 1. The van der Waals surface area contributed by atoms with Gasteiger partial charge in [-0.1, -0.05) is 41.3 Å². The smallest absolute Gasteiger partial charge is 0.239 e. The minimum Gasteiger partial charge on any atom is -0.368 e. The molecule has 2 rings (SSSR count). The van der Waals surface area contributed by atoms with Crippen molar-refractivity contribution in [2.75, 3.05) is 0 Å². The van der Waals surface area contributed by atoms with Crippen LogP contribution in [0.15, 0.2) is 22.7 Å². The first kappa shape index (κ1) is 14.5. The standard InChI is InChI=1S/C14H18BrFN2O/c15-9-6-7-11(12(16)8-9)13(14(17)19)18-10-4-2-1-3-5-10/h6-8,10,13,18H,1-5H2,(H2,17,19)/t13-/m1/s1. The van der Waals surface area contributed by atoms with Gasteiger partial charge >= 0.3 is 0 Å². The van der Waals surface area contributed by atoms with E-state index < -0.39 is 17.8 Å². The maximum absolute atomic E-state index is 13.9. The second kappa shape index (κ2) is 6.48. The molecule has 0 unspecified atom stereocenters. The van der Waals surface area contributed by atoms with Gasteiger partial charge in [-0.2, -0.15) is 0 Å². The van der Waals surface area contributed by atoms with Gasteiger partial charge in [-0.15, -0.1) is 0 Å². The third-order valence-corrected chi connectivity index (χ3v) is 4.06. The van der Waals surface area contributed by atoms with Crippen LogP contribution in [-0.4, -0.2) is 11.9 Å². The minimum absolute atomic E-state index is 0.245. The average Bonchev–Trinajstić information content (AvgIpc) is 2.38. The first-order chi connectivity index (χ1) is 9.08. The van der Waals surface area contributed by atoms with E-state index in [4.69, 9.17) is 5.73 Å². The molecule has 0 heterocycles. The number of benzene rings is 1. The van der Waals surface area contributed by atoms with Gasteiger partial charge in [0.15, 0.2) is 0 Å². The third kappa shape index (κ3) is 3.76. The number of amides is 1. The lowest BCUT2D eigenvalue weighted by molar-refractivity contribution is -0.120. The van der Waals surface area contributed by atoms with Gasteiger partial charge < -0.3 is 5.73 Å². The average molecular weight is 329 g/mol. The summed E-state index contributed by atoms with van der Waals surface area (Å²) in [7, 11) is 0. The Hall–Kier alpha value is -0.940. The van der Waals surface area contributed by atoms with Crippen LogP contribution < -0.4 is 11.1 Å². The van der Waals surface area contributed by atoms with Crippen LogP contribution >= 0.6 is 15.9 Å². The number of nitrogens with two attached hydrogens (primary N) is 1. The number of primary amides is 1. The van der Waals surface area contributed by atoms with E-state index in [1.165, 1.54) is 12.5 Å². The predicted octanol–water partition coefficient (Wildman–Crippen LogP) is 3.04. The van der Waals surface area contributed by atoms with E-state index in [2.05, 4.69) is 21.2 Å². The van der Waals surface area contributed by atoms with Crippen LogP contribution in [0, 0.1) is 5.82 Å². The van der Waals surface area contributed by atoms with Crippen LogP contribution in [0.3, 0.4) is 0 Å². The normalized spacial score (nSPS) is 18.2. The summed E-state index contributed by atoms with van der Waals surface area (Å²) in [6.45, 7) is 0.